The van der Waals surface area contributed by atoms with Crippen LogP contribution in [0, 0.1) is 0 Å². The minimum atomic E-state index is -2.94. The highest BCUT2D eigenvalue weighted by molar-refractivity contribution is 5.79. The molecule has 0 radical (unpaired) electrons. The minimum absolute atomic E-state index is 0.0295. The van der Waals surface area contributed by atoms with E-state index in [0.29, 0.717) is 36.0 Å². The molecule has 0 fully saturated rings. The first-order chi connectivity index (χ1) is 14.6. The summed E-state index contributed by atoms with van der Waals surface area (Å²) in [6, 6.07) is 8.87. The van der Waals surface area contributed by atoms with Crippen molar-refractivity contribution < 1.29 is 23.0 Å². The van der Waals surface area contributed by atoms with Crippen LogP contribution in [0.1, 0.15) is 11.3 Å². The lowest BCUT2D eigenvalue weighted by Crippen LogP contribution is -2.38. The summed E-state index contributed by atoms with van der Waals surface area (Å²) in [4.78, 5) is 8.71. The second kappa shape index (κ2) is 8.85. The summed E-state index contributed by atoms with van der Waals surface area (Å²) < 4.78 is 42.7. The standard InChI is InChI=1S/C20H21F2N5O3/c1-23-20(24-6-5-14-11-27-7-3-2-4-18(27)26-14)25-10-13-8-16-17(29-12-28-16)9-15(13)30-19(21)22/h2-4,7-9,11,19H,5-6,10,12H2,1H3,(H2,23,24,25). The van der Waals surface area contributed by atoms with Gasteiger partial charge in [0, 0.05) is 50.6 Å². The molecule has 10 heteroatoms. The topological polar surface area (TPSA) is 81.4 Å². The number of aliphatic imine (C=N–C) groups is 1. The van der Waals surface area contributed by atoms with Crippen LogP contribution in [0.5, 0.6) is 17.2 Å². The van der Waals surface area contributed by atoms with Gasteiger partial charge in [0.1, 0.15) is 11.4 Å². The maximum absolute atomic E-state index is 12.8. The van der Waals surface area contributed by atoms with Crippen molar-refractivity contribution in [2.45, 2.75) is 19.6 Å². The molecule has 2 aromatic heterocycles. The van der Waals surface area contributed by atoms with Gasteiger partial charge in [-0.3, -0.25) is 4.99 Å². The Morgan fingerprint density at radius 1 is 1.27 bits per heavy atom. The van der Waals surface area contributed by atoms with Gasteiger partial charge in [-0.2, -0.15) is 8.78 Å². The normalized spacial score (nSPS) is 13.1. The molecule has 3 heterocycles. The zero-order valence-corrected chi connectivity index (χ0v) is 16.3. The molecule has 8 nitrogen and oxygen atoms in total. The van der Waals surface area contributed by atoms with Gasteiger partial charge < -0.3 is 29.2 Å². The van der Waals surface area contributed by atoms with Crippen LogP contribution in [0.2, 0.25) is 0 Å². The number of alkyl halides is 2. The van der Waals surface area contributed by atoms with Crippen molar-refractivity contribution in [2.24, 2.45) is 4.99 Å². The Hall–Kier alpha value is -3.56. The van der Waals surface area contributed by atoms with Crippen LogP contribution in [-0.4, -0.2) is 42.3 Å². The Labute approximate surface area is 171 Å². The highest BCUT2D eigenvalue weighted by Gasteiger charge is 2.20. The zero-order chi connectivity index (χ0) is 20.9. The predicted molar refractivity (Wildman–Crippen MR) is 106 cm³/mol. The van der Waals surface area contributed by atoms with Crippen LogP contribution in [0.15, 0.2) is 47.7 Å². The smallest absolute Gasteiger partial charge is 0.387 e. The van der Waals surface area contributed by atoms with Crippen molar-refractivity contribution in [2.75, 3.05) is 20.4 Å². The molecule has 2 N–H and O–H groups in total. The van der Waals surface area contributed by atoms with Gasteiger partial charge in [-0.25, -0.2) is 4.98 Å². The number of rotatable bonds is 7. The molecule has 1 aromatic carbocycles. The summed E-state index contributed by atoms with van der Waals surface area (Å²) in [6.07, 6.45) is 4.63. The van der Waals surface area contributed by atoms with E-state index in [0.717, 1.165) is 11.3 Å². The maximum Gasteiger partial charge on any atom is 0.387 e. The number of fused-ring (bicyclic) bond motifs is 2. The number of guanidine groups is 1. The van der Waals surface area contributed by atoms with Gasteiger partial charge in [-0.15, -0.1) is 0 Å². The fraction of sp³-hybridized carbons (Fsp3) is 0.300. The third-order valence-electron chi connectivity index (χ3n) is 4.53. The quantitative estimate of drug-likeness (QED) is 0.454. The van der Waals surface area contributed by atoms with Gasteiger partial charge in [-0.05, 0) is 18.2 Å². The van der Waals surface area contributed by atoms with E-state index in [1.807, 2.05) is 35.0 Å². The fourth-order valence-corrected chi connectivity index (χ4v) is 3.13. The monoisotopic (exact) mass is 417 g/mol. The summed E-state index contributed by atoms with van der Waals surface area (Å²) in [5.41, 5.74) is 2.35. The summed E-state index contributed by atoms with van der Waals surface area (Å²) in [6.45, 7) is -2.07. The molecule has 0 atom stereocenters. The number of halogens is 2. The van der Waals surface area contributed by atoms with Crippen LogP contribution >= 0.6 is 0 Å². The predicted octanol–water partition coefficient (Wildman–Crippen LogP) is 2.57. The van der Waals surface area contributed by atoms with E-state index < -0.39 is 6.61 Å². The van der Waals surface area contributed by atoms with Crippen molar-refractivity contribution in [1.29, 1.82) is 0 Å². The molecular formula is C20H21F2N5O3. The van der Waals surface area contributed by atoms with Gasteiger partial charge >= 0.3 is 6.61 Å². The van der Waals surface area contributed by atoms with Crippen LogP contribution in [-0.2, 0) is 13.0 Å². The van der Waals surface area contributed by atoms with Crippen LogP contribution in [0.25, 0.3) is 5.65 Å². The van der Waals surface area contributed by atoms with Crippen molar-refractivity contribution in [3.05, 3.63) is 54.0 Å². The Morgan fingerprint density at radius 2 is 2.10 bits per heavy atom. The first-order valence-corrected chi connectivity index (χ1v) is 9.37. The summed E-state index contributed by atoms with van der Waals surface area (Å²) in [5.74, 6) is 1.42. The second-order valence-electron chi connectivity index (χ2n) is 6.49. The molecule has 1 aliphatic rings. The second-order valence-corrected chi connectivity index (χ2v) is 6.49. The number of aromatic nitrogens is 2. The number of nitrogens with one attached hydrogen (secondary N) is 2. The molecule has 0 aliphatic carbocycles. The van der Waals surface area contributed by atoms with Gasteiger partial charge in [-0.1, -0.05) is 6.07 Å². The number of hydrogen-bond acceptors (Lipinski definition) is 5. The van der Waals surface area contributed by atoms with Crippen molar-refractivity contribution in [1.82, 2.24) is 20.0 Å². The SMILES string of the molecule is CN=C(NCCc1cn2ccccc2n1)NCc1cc2c(cc1OC(F)F)OCO2. The molecule has 0 saturated carbocycles. The highest BCUT2D eigenvalue weighted by Crippen LogP contribution is 2.38. The van der Waals surface area contributed by atoms with Crippen molar-refractivity contribution >= 4 is 11.6 Å². The van der Waals surface area contributed by atoms with E-state index in [9.17, 15) is 8.78 Å². The lowest BCUT2D eigenvalue weighted by atomic mass is 10.1. The Bertz CT molecular complexity index is 1020. The molecule has 0 bridgehead atoms. The Morgan fingerprint density at radius 3 is 2.87 bits per heavy atom. The zero-order valence-electron chi connectivity index (χ0n) is 16.3. The van der Waals surface area contributed by atoms with Crippen molar-refractivity contribution in [3.63, 3.8) is 0 Å². The fourth-order valence-electron chi connectivity index (χ4n) is 3.13. The van der Waals surface area contributed by atoms with Gasteiger partial charge in [0.2, 0.25) is 6.79 Å². The van der Waals surface area contributed by atoms with E-state index >= 15 is 0 Å². The summed E-state index contributed by atoms with van der Waals surface area (Å²) in [7, 11) is 1.64. The van der Waals surface area contributed by atoms with Crippen LogP contribution in [0.3, 0.4) is 0 Å². The summed E-state index contributed by atoms with van der Waals surface area (Å²) >= 11 is 0. The van der Waals surface area contributed by atoms with E-state index in [1.54, 1.807) is 13.1 Å². The molecule has 0 amide bonds. The molecule has 0 spiro atoms. The number of pyridine rings is 1. The molecule has 4 rings (SSSR count). The van der Waals surface area contributed by atoms with Gasteiger partial charge in [0.15, 0.2) is 17.5 Å². The maximum atomic E-state index is 12.8. The van der Waals surface area contributed by atoms with E-state index in [-0.39, 0.29) is 19.1 Å². The molecule has 1 aliphatic heterocycles. The lowest BCUT2D eigenvalue weighted by Gasteiger charge is -2.15. The first-order valence-electron chi connectivity index (χ1n) is 9.37. The average Bonchev–Trinajstić information content (AvgIpc) is 3.35. The number of hydrogen-bond donors (Lipinski definition) is 2. The Kier molecular flexibility index (Phi) is 5.82. The van der Waals surface area contributed by atoms with E-state index in [2.05, 4.69) is 25.3 Å². The highest BCUT2D eigenvalue weighted by atomic mass is 19.3. The van der Waals surface area contributed by atoms with Crippen LogP contribution < -0.4 is 24.8 Å². The van der Waals surface area contributed by atoms with E-state index in [4.69, 9.17) is 9.47 Å². The lowest BCUT2D eigenvalue weighted by molar-refractivity contribution is -0.0505. The third-order valence-corrected chi connectivity index (χ3v) is 4.53. The Balaban J connectivity index is 1.35. The number of imidazole rings is 1. The molecule has 158 valence electrons. The van der Waals surface area contributed by atoms with E-state index in [1.165, 1.54) is 6.07 Å². The first kappa shape index (κ1) is 19.7. The number of nitrogens with zero attached hydrogens (tertiary/aromatic N) is 3. The van der Waals surface area contributed by atoms with Gasteiger partial charge in [0.25, 0.3) is 0 Å². The number of ether oxygens (including phenoxy) is 3. The average molecular weight is 417 g/mol. The molecular weight excluding hydrogens is 396 g/mol. The molecule has 30 heavy (non-hydrogen) atoms. The minimum Gasteiger partial charge on any atom is -0.454 e. The van der Waals surface area contributed by atoms with Crippen LogP contribution in [0.4, 0.5) is 8.78 Å². The van der Waals surface area contributed by atoms with Crippen molar-refractivity contribution in [3.8, 4) is 17.2 Å². The molecule has 3 aromatic rings. The largest absolute Gasteiger partial charge is 0.454 e. The molecule has 0 unspecified atom stereocenters. The third kappa shape index (κ3) is 4.53. The molecule has 0 saturated heterocycles. The van der Waals surface area contributed by atoms with Gasteiger partial charge in [0.05, 0.1) is 5.69 Å². The number of benzene rings is 1. The summed E-state index contributed by atoms with van der Waals surface area (Å²) in [5, 5.41) is 6.29.